The summed E-state index contributed by atoms with van der Waals surface area (Å²) in [5.41, 5.74) is 2.46. The van der Waals surface area contributed by atoms with E-state index in [-0.39, 0.29) is 11.9 Å². The summed E-state index contributed by atoms with van der Waals surface area (Å²) in [7, 11) is 0. The van der Waals surface area contributed by atoms with E-state index in [1.54, 1.807) is 12.4 Å². The van der Waals surface area contributed by atoms with Gasteiger partial charge in [0.25, 0.3) is 5.91 Å². The third-order valence-electron chi connectivity index (χ3n) is 4.58. The maximum absolute atomic E-state index is 12.6. The predicted molar refractivity (Wildman–Crippen MR) is 107 cm³/mol. The van der Waals surface area contributed by atoms with Crippen LogP contribution in [0.3, 0.4) is 0 Å². The molecule has 0 spiro atoms. The van der Waals surface area contributed by atoms with Crippen LogP contribution in [0.5, 0.6) is 0 Å². The highest BCUT2D eigenvalue weighted by atomic mass is 16.1. The molecule has 4 nitrogen and oxygen atoms in total. The number of benzene rings is 3. The molecule has 1 aromatic heterocycles. The van der Waals surface area contributed by atoms with Gasteiger partial charge in [-0.15, -0.1) is 0 Å². The number of aromatic nitrogens is 2. The Labute approximate surface area is 157 Å². The largest absolute Gasteiger partial charge is 0.345 e. The Kier molecular flexibility index (Phi) is 4.62. The zero-order valence-corrected chi connectivity index (χ0v) is 15.0. The van der Waals surface area contributed by atoms with Gasteiger partial charge in [0.2, 0.25) is 0 Å². The third-order valence-corrected chi connectivity index (χ3v) is 4.58. The molecule has 132 valence electrons. The first-order chi connectivity index (χ1) is 13.2. The highest BCUT2D eigenvalue weighted by molar-refractivity contribution is 5.94. The van der Waals surface area contributed by atoms with Gasteiger partial charge in [-0.1, -0.05) is 72.8 Å². The van der Waals surface area contributed by atoms with Gasteiger partial charge in [-0.3, -0.25) is 4.79 Å². The van der Waals surface area contributed by atoms with Crippen LogP contribution in [0, 0.1) is 0 Å². The summed E-state index contributed by atoms with van der Waals surface area (Å²) in [6, 6.07) is 23.9. The number of carbonyl (C=O) groups excluding carboxylic acids is 1. The second kappa shape index (κ2) is 7.38. The lowest BCUT2D eigenvalue weighted by Crippen LogP contribution is -2.27. The van der Waals surface area contributed by atoms with E-state index in [0.29, 0.717) is 11.4 Å². The molecule has 0 aliphatic rings. The molecule has 0 radical (unpaired) electrons. The van der Waals surface area contributed by atoms with Crippen LogP contribution < -0.4 is 5.32 Å². The summed E-state index contributed by atoms with van der Waals surface area (Å²) in [6.07, 6.45) is 3.14. The van der Waals surface area contributed by atoms with Crippen LogP contribution in [-0.2, 0) is 0 Å². The zero-order chi connectivity index (χ0) is 18.6. The van der Waals surface area contributed by atoms with Crippen molar-refractivity contribution in [1.82, 2.24) is 15.3 Å². The van der Waals surface area contributed by atoms with Crippen molar-refractivity contribution in [3.63, 3.8) is 0 Å². The van der Waals surface area contributed by atoms with E-state index in [9.17, 15) is 4.79 Å². The minimum absolute atomic E-state index is 0.127. The molecular weight excluding hydrogens is 334 g/mol. The van der Waals surface area contributed by atoms with Crippen LogP contribution in [0.2, 0.25) is 0 Å². The predicted octanol–water partition coefficient (Wildman–Crippen LogP) is 4.79. The van der Waals surface area contributed by atoms with Crippen molar-refractivity contribution in [2.75, 3.05) is 0 Å². The van der Waals surface area contributed by atoms with Gasteiger partial charge in [0.1, 0.15) is 0 Å². The molecule has 27 heavy (non-hydrogen) atoms. The Morgan fingerprint density at radius 1 is 0.852 bits per heavy atom. The fraction of sp³-hybridized carbons (Fsp3) is 0.0870. The zero-order valence-electron chi connectivity index (χ0n) is 15.0. The second-order valence-corrected chi connectivity index (χ2v) is 6.42. The topological polar surface area (TPSA) is 54.9 Å². The van der Waals surface area contributed by atoms with Gasteiger partial charge in [0.05, 0.1) is 11.6 Å². The van der Waals surface area contributed by atoms with Crippen molar-refractivity contribution in [3.05, 3.63) is 96.3 Å². The maximum atomic E-state index is 12.6. The Morgan fingerprint density at radius 2 is 1.52 bits per heavy atom. The number of amides is 1. The monoisotopic (exact) mass is 353 g/mol. The normalized spacial score (nSPS) is 11.9. The molecule has 4 aromatic rings. The SMILES string of the molecule is CC(NC(=O)c1cnc(-c2ccccc2)nc1)c1cccc2ccccc12. The number of hydrogen-bond donors (Lipinski definition) is 1. The summed E-state index contributed by atoms with van der Waals surface area (Å²) in [5, 5.41) is 5.35. The molecule has 1 N–H and O–H groups in total. The number of nitrogens with zero attached hydrogens (tertiary/aromatic N) is 2. The lowest BCUT2D eigenvalue weighted by atomic mass is 9.99. The molecule has 1 amide bonds. The van der Waals surface area contributed by atoms with Gasteiger partial charge in [0.15, 0.2) is 5.82 Å². The third kappa shape index (κ3) is 3.55. The Bertz CT molecular complexity index is 1070. The van der Waals surface area contributed by atoms with Crippen LogP contribution in [0.4, 0.5) is 0 Å². The average molecular weight is 353 g/mol. The summed E-state index contributed by atoms with van der Waals surface area (Å²) >= 11 is 0. The van der Waals surface area contributed by atoms with E-state index >= 15 is 0 Å². The van der Waals surface area contributed by atoms with Gasteiger partial charge in [0, 0.05) is 18.0 Å². The van der Waals surface area contributed by atoms with E-state index in [4.69, 9.17) is 0 Å². The summed E-state index contributed by atoms with van der Waals surface area (Å²) in [6.45, 7) is 1.98. The molecule has 4 rings (SSSR count). The molecule has 3 aromatic carbocycles. The minimum atomic E-state index is -0.185. The molecule has 0 saturated heterocycles. The first-order valence-electron chi connectivity index (χ1n) is 8.88. The highest BCUT2D eigenvalue weighted by Gasteiger charge is 2.14. The van der Waals surface area contributed by atoms with Crippen molar-refractivity contribution in [2.24, 2.45) is 0 Å². The van der Waals surface area contributed by atoms with Gasteiger partial charge in [-0.25, -0.2) is 9.97 Å². The lowest BCUT2D eigenvalue weighted by molar-refractivity contribution is 0.0939. The number of rotatable bonds is 4. The standard InChI is InChI=1S/C23H19N3O/c1-16(20-13-7-11-17-8-5-6-12-21(17)20)26-23(27)19-14-24-22(25-15-19)18-9-3-2-4-10-18/h2-16H,1H3,(H,26,27). The second-order valence-electron chi connectivity index (χ2n) is 6.42. The average Bonchev–Trinajstić information content (AvgIpc) is 2.74. The van der Waals surface area contributed by atoms with Crippen LogP contribution in [-0.4, -0.2) is 15.9 Å². The van der Waals surface area contributed by atoms with Crippen molar-refractivity contribution in [3.8, 4) is 11.4 Å². The first-order valence-corrected chi connectivity index (χ1v) is 8.88. The highest BCUT2D eigenvalue weighted by Crippen LogP contribution is 2.24. The van der Waals surface area contributed by atoms with Gasteiger partial charge >= 0.3 is 0 Å². The van der Waals surface area contributed by atoms with Crippen molar-refractivity contribution in [1.29, 1.82) is 0 Å². The molecule has 1 atom stereocenters. The molecule has 1 heterocycles. The van der Waals surface area contributed by atoms with Crippen molar-refractivity contribution in [2.45, 2.75) is 13.0 Å². The Hall–Kier alpha value is -3.53. The van der Waals surface area contributed by atoms with E-state index < -0.39 is 0 Å². The van der Waals surface area contributed by atoms with Crippen LogP contribution in [0.25, 0.3) is 22.2 Å². The van der Waals surface area contributed by atoms with E-state index in [1.807, 2.05) is 61.5 Å². The quantitative estimate of drug-likeness (QED) is 0.574. The van der Waals surface area contributed by atoms with Crippen LogP contribution in [0.15, 0.2) is 85.2 Å². The molecule has 4 heteroatoms. The Balaban J connectivity index is 1.53. The summed E-state index contributed by atoms with van der Waals surface area (Å²) < 4.78 is 0. The Morgan fingerprint density at radius 3 is 2.30 bits per heavy atom. The van der Waals surface area contributed by atoms with E-state index in [1.165, 1.54) is 0 Å². The molecule has 1 unspecified atom stereocenters. The number of hydrogen-bond acceptors (Lipinski definition) is 3. The smallest absolute Gasteiger partial charge is 0.254 e. The van der Waals surface area contributed by atoms with E-state index in [2.05, 4.69) is 33.5 Å². The van der Waals surface area contributed by atoms with Crippen LogP contribution in [0.1, 0.15) is 28.9 Å². The molecular formula is C23H19N3O. The maximum Gasteiger partial charge on any atom is 0.254 e. The summed E-state index contributed by atoms with van der Waals surface area (Å²) in [4.78, 5) is 21.3. The summed E-state index contributed by atoms with van der Waals surface area (Å²) in [5.74, 6) is 0.421. The van der Waals surface area contributed by atoms with Crippen molar-refractivity contribution < 1.29 is 4.79 Å². The number of fused-ring (bicyclic) bond motifs is 1. The van der Waals surface area contributed by atoms with Gasteiger partial charge in [-0.05, 0) is 23.3 Å². The number of carbonyl (C=O) groups is 1. The fourth-order valence-corrected chi connectivity index (χ4v) is 3.17. The van der Waals surface area contributed by atoms with Gasteiger partial charge in [-0.2, -0.15) is 0 Å². The van der Waals surface area contributed by atoms with E-state index in [0.717, 1.165) is 21.9 Å². The fourth-order valence-electron chi connectivity index (χ4n) is 3.17. The van der Waals surface area contributed by atoms with Crippen molar-refractivity contribution >= 4 is 16.7 Å². The molecule has 0 saturated carbocycles. The molecule has 0 aliphatic heterocycles. The van der Waals surface area contributed by atoms with Gasteiger partial charge < -0.3 is 5.32 Å². The lowest BCUT2D eigenvalue weighted by Gasteiger charge is -2.16. The first kappa shape index (κ1) is 16.9. The van der Waals surface area contributed by atoms with Crippen LogP contribution >= 0.6 is 0 Å². The molecule has 0 bridgehead atoms. The molecule has 0 aliphatic carbocycles. The minimum Gasteiger partial charge on any atom is -0.345 e. The number of nitrogens with one attached hydrogen (secondary N) is 1. The molecule has 0 fully saturated rings.